The molecule has 0 aliphatic carbocycles. The number of aryl methyl sites for hydroxylation is 1. The zero-order valence-electron chi connectivity index (χ0n) is 15.8. The third-order valence-electron chi connectivity index (χ3n) is 4.13. The molecular weight excluding hydrogens is 505 g/mol. The van der Waals surface area contributed by atoms with Crippen LogP contribution in [0.5, 0.6) is 0 Å². The minimum Gasteiger partial charge on any atom is -0.387 e. The van der Waals surface area contributed by atoms with E-state index in [4.69, 9.17) is 19.4 Å². The van der Waals surface area contributed by atoms with Gasteiger partial charge in [-0.25, -0.2) is 18.3 Å². The van der Waals surface area contributed by atoms with Gasteiger partial charge >= 0.3 is 29.1 Å². The third-order valence-corrected chi connectivity index (χ3v) is 7.94. The Morgan fingerprint density at radius 3 is 2.44 bits per heavy atom. The number of phosphoric acid groups is 3. The lowest BCUT2D eigenvalue weighted by molar-refractivity contribution is -0.745. The predicted molar refractivity (Wildman–Crippen MR) is 97.3 cm³/mol. The molecule has 2 aromatic heterocycles. The normalized spacial score (nSPS) is 28.0. The highest BCUT2D eigenvalue weighted by molar-refractivity contribution is 7.66. The summed E-state index contributed by atoms with van der Waals surface area (Å²) < 4.78 is 53.4. The van der Waals surface area contributed by atoms with Gasteiger partial charge in [0, 0.05) is 0 Å². The fourth-order valence-electron chi connectivity index (χ4n) is 2.94. The van der Waals surface area contributed by atoms with Crippen LogP contribution in [0.3, 0.4) is 0 Å². The number of fused-ring (bicyclic) bond motifs is 1. The molecule has 21 heteroatoms. The molecule has 0 spiro atoms. The second kappa shape index (κ2) is 8.77. The number of rotatable bonds is 8. The zero-order valence-corrected chi connectivity index (χ0v) is 18.5. The summed E-state index contributed by atoms with van der Waals surface area (Å²) >= 11 is 0. The van der Waals surface area contributed by atoms with Gasteiger partial charge in [0.2, 0.25) is 11.7 Å². The molecule has 0 saturated carbocycles. The van der Waals surface area contributed by atoms with Crippen molar-refractivity contribution in [1.29, 1.82) is 0 Å². The maximum atomic E-state index is 12.0. The van der Waals surface area contributed by atoms with Crippen molar-refractivity contribution >= 4 is 34.6 Å². The van der Waals surface area contributed by atoms with Crippen molar-refractivity contribution in [3.63, 3.8) is 0 Å². The molecular formula is C11H18N4O14P3+. The van der Waals surface area contributed by atoms with Crippen LogP contribution in [0.2, 0.25) is 0 Å². The van der Waals surface area contributed by atoms with Crippen molar-refractivity contribution in [3.05, 3.63) is 23.0 Å². The lowest BCUT2D eigenvalue weighted by Gasteiger charge is -2.18. The summed E-state index contributed by atoms with van der Waals surface area (Å²) in [5.74, 6) is 0. The van der Waals surface area contributed by atoms with Crippen molar-refractivity contribution in [1.82, 2.24) is 14.5 Å². The molecule has 18 nitrogen and oxygen atoms in total. The number of ether oxygens (including phenoxy) is 1. The first-order valence-electron chi connectivity index (χ1n) is 8.34. The maximum absolute atomic E-state index is 12.0. The smallest absolute Gasteiger partial charge is 0.387 e. The summed E-state index contributed by atoms with van der Waals surface area (Å²) in [6, 6.07) is 0. The fourth-order valence-corrected chi connectivity index (χ4v) is 5.97. The average molecular weight is 523 g/mol. The van der Waals surface area contributed by atoms with Crippen LogP contribution in [0.15, 0.2) is 17.4 Å². The molecule has 0 amide bonds. The Bertz CT molecular complexity index is 1210. The molecule has 0 aromatic carbocycles. The number of aromatic nitrogens is 4. The highest BCUT2D eigenvalue weighted by Gasteiger charge is 2.48. The topological polar surface area (TPSA) is 264 Å². The van der Waals surface area contributed by atoms with E-state index in [0.717, 1.165) is 6.33 Å². The van der Waals surface area contributed by atoms with Crippen LogP contribution in [0.25, 0.3) is 11.2 Å². The van der Waals surface area contributed by atoms with E-state index in [9.17, 15) is 33.6 Å². The third kappa shape index (κ3) is 5.58. The van der Waals surface area contributed by atoms with Crippen molar-refractivity contribution in [2.24, 2.45) is 7.05 Å². The van der Waals surface area contributed by atoms with Crippen LogP contribution in [-0.2, 0) is 38.6 Å². The Hall–Kier alpha value is -1.36. The van der Waals surface area contributed by atoms with E-state index < -0.39 is 60.2 Å². The number of H-pyrrole nitrogens is 1. The molecule has 6 atom stereocenters. The molecule has 180 valence electrons. The molecule has 2 aromatic rings. The van der Waals surface area contributed by atoms with E-state index >= 15 is 0 Å². The quantitative estimate of drug-likeness (QED) is 0.139. The Kier molecular flexibility index (Phi) is 6.93. The first-order chi connectivity index (χ1) is 14.6. The number of aliphatic hydroxyl groups is 2. The van der Waals surface area contributed by atoms with Gasteiger partial charge in [-0.05, 0) is 0 Å². The first-order valence-corrected chi connectivity index (χ1v) is 12.9. The van der Waals surface area contributed by atoms with Gasteiger partial charge in [0.05, 0.1) is 13.7 Å². The molecule has 3 heterocycles. The summed E-state index contributed by atoms with van der Waals surface area (Å²) in [6.45, 7) is -0.974. The second-order valence-electron chi connectivity index (χ2n) is 6.47. The number of nitrogens with one attached hydrogen (secondary N) is 1. The molecule has 32 heavy (non-hydrogen) atoms. The van der Waals surface area contributed by atoms with Crippen molar-refractivity contribution in [3.8, 4) is 0 Å². The van der Waals surface area contributed by atoms with Crippen molar-refractivity contribution in [2.45, 2.75) is 24.5 Å². The van der Waals surface area contributed by atoms with Gasteiger partial charge in [-0.2, -0.15) is 8.62 Å². The summed E-state index contributed by atoms with van der Waals surface area (Å²) in [4.78, 5) is 54.0. The maximum Gasteiger partial charge on any atom is 0.490 e. The van der Waals surface area contributed by atoms with Gasteiger partial charge in [0.15, 0.2) is 12.7 Å². The Morgan fingerprint density at radius 2 is 1.81 bits per heavy atom. The molecule has 7 N–H and O–H groups in total. The Morgan fingerprint density at radius 1 is 1.16 bits per heavy atom. The van der Waals surface area contributed by atoms with Gasteiger partial charge in [0.25, 0.3) is 5.56 Å². The fraction of sp³-hybridized carbons (Fsp3) is 0.545. The molecule has 0 bridgehead atoms. The molecule has 1 fully saturated rings. The number of phosphoric ester groups is 1. The van der Waals surface area contributed by atoms with E-state index in [0.29, 0.717) is 0 Å². The number of aromatic amines is 1. The van der Waals surface area contributed by atoms with E-state index in [1.54, 1.807) is 0 Å². The second-order valence-corrected chi connectivity index (χ2v) is 10.9. The number of nitrogens with zero attached hydrogens (tertiary/aromatic N) is 3. The lowest BCUT2D eigenvalue weighted by atomic mass is 10.1. The highest BCUT2D eigenvalue weighted by atomic mass is 31.3. The summed E-state index contributed by atoms with van der Waals surface area (Å²) in [5.41, 5.74) is -0.288. The van der Waals surface area contributed by atoms with E-state index in [1.165, 1.54) is 22.5 Å². The van der Waals surface area contributed by atoms with Crippen LogP contribution < -0.4 is 10.1 Å². The molecule has 3 rings (SSSR count). The van der Waals surface area contributed by atoms with Crippen LogP contribution in [-0.4, -0.2) is 69.2 Å². The van der Waals surface area contributed by atoms with Crippen LogP contribution >= 0.6 is 23.5 Å². The number of aliphatic hydroxyl groups excluding tert-OH is 2. The molecule has 6 unspecified atom stereocenters. The zero-order chi connectivity index (χ0) is 24.1. The van der Waals surface area contributed by atoms with Gasteiger partial charge < -0.3 is 34.5 Å². The highest BCUT2D eigenvalue weighted by Crippen LogP contribution is 2.66. The monoisotopic (exact) mass is 523 g/mol. The van der Waals surface area contributed by atoms with Crippen LogP contribution in [0, 0.1) is 0 Å². The largest absolute Gasteiger partial charge is 0.490 e. The standard InChI is InChI=1S/C11H17N4O14P3/c1-14-4-15(9-6(14)10(18)13-3-12-9)11-8(17)7(16)5(27-11)2-26-31(22,23)29-32(24,25)28-30(19,20)21/h3-5,7-8,11,16-17H,2H2,1H3,(H4-,12,13,18,19,20,21,22,23,24,25)/p+1. The Balaban J connectivity index is 1.73. The number of imidazole rings is 1. The lowest BCUT2D eigenvalue weighted by Crippen LogP contribution is -2.46. The summed E-state index contributed by atoms with van der Waals surface area (Å²) in [7, 11) is -15.2. The summed E-state index contributed by atoms with van der Waals surface area (Å²) in [5, 5.41) is 20.5. The van der Waals surface area contributed by atoms with E-state index in [-0.39, 0.29) is 11.2 Å². The Labute approximate surface area is 177 Å². The number of hydrogen-bond donors (Lipinski definition) is 7. The van der Waals surface area contributed by atoms with Crippen molar-refractivity contribution < 1.29 is 65.9 Å². The molecule has 0 radical (unpaired) electrons. The summed E-state index contributed by atoms with van der Waals surface area (Å²) in [6.07, 6.45) is -3.68. The van der Waals surface area contributed by atoms with Gasteiger partial charge in [-0.3, -0.25) is 18.9 Å². The van der Waals surface area contributed by atoms with Gasteiger partial charge in [-0.15, -0.1) is 0 Å². The van der Waals surface area contributed by atoms with E-state index in [1.807, 2.05) is 0 Å². The SMILES string of the molecule is Cn1c[n+](C2OC(COP(=O)(O)OP(=O)(O)OP(=O)(O)O)C(O)C2O)c2nc[nH]c(=O)c21. The predicted octanol–water partition coefficient (Wildman–Crippen LogP) is -2.49. The minimum atomic E-state index is -5.72. The first kappa shape index (κ1) is 25.3. The van der Waals surface area contributed by atoms with Crippen LogP contribution in [0.1, 0.15) is 6.23 Å². The minimum absolute atomic E-state index is 0.0843. The van der Waals surface area contributed by atoms with Crippen LogP contribution in [0.4, 0.5) is 0 Å². The van der Waals surface area contributed by atoms with Gasteiger partial charge in [0.1, 0.15) is 18.3 Å². The molecule has 1 saturated heterocycles. The molecule has 1 aliphatic rings. The average Bonchev–Trinajstić information content (AvgIpc) is 3.09. The number of hydrogen-bond acceptors (Lipinski definition) is 11. The van der Waals surface area contributed by atoms with E-state index in [2.05, 4.69) is 23.1 Å². The van der Waals surface area contributed by atoms with Gasteiger partial charge in [-0.1, -0.05) is 4.98 Å². The van der Waals surface area contributed by atoms with Crippen molar-refractivity contribution in [2.75, 3.05) is 6.61 Å². The molecule has 1 aliphatic heterocycles.